The molecule has 3 rings (SSSR count). The van der Waals surface area contributed by atoms with E-state index < -0.39 is 6.10 Å². The predicted molar refractivity (Wildman–Crippen MR) is 111 cm³/mol. The van der Waals surface area contributed by atoms with Gasteiger partial charge in [0.15, 0.2) is 11.5 Å². The highest BCUT2D eigenvalue weighted by atomic mass is 35.5. The number of carbonyl (C=O) groups excluding carboxylic acids is 1. The van der Waals surface area contributed by atoms with Crippen LogP contribution in [0.15, 0.2) is 12.1 Å². The van der Waals surface area contributed by atoms with Crippen LogP contribution in [0, 0.1) is 0 Å². The van der Waals surface area contributed by atoms with Crippen molar-refractivity contribution in [3.8, 4) is 11.5 Å². The molecule has 1 aromatic carbocycles. The molecule has 0 unspecified atom stereocenters. The zero-order valence-electron chi connectivity index (χ0n) is 17.2. The average Bonchev–Trinajstić information content (AvgIpc) is 2.70. The Bertz CT molecular complexity index is 692. The number of morpholine rings is 1. The third-order valence-electron chi connectivity index (χ3n) is 5.62. The number of carbonyl (C=O) groups is 1. The van der Waals surface area contributed by atoms with Crippen LogP contribution in [0.25, 0.3) is 0 Å². The molecule has 29 heavy (non-hydrogen) atoms. The first-order chi connectivity index (χ1) is 14.1. The molecule has 1 aliphatic carbocycles. The Labute approximate surface area is 177 Å². The highest BCUT2D eigenvalue weighted by molar-refractivity contribution is 6.32. The Morgan fingerprint density at radius 2 is 2.24 bits per heavy atom. The number of nitrogens with one attached hydrogen (secondary N) is 1. The molecule has 1 saturated heterocycles. The third kappa shape index (κ3) is 5.15. The molecule has 1 saturated carbocycles. The number of benzene rings is 1. The van der Waals surface area contributed by atoms with Gasteiger partial charge in [-0.1, -0.05) is 11.6 Å². The molecule has 2 aliphatic rings. The topological polar surface area (TPSA) is 80.3 Å². The van der Waals surface area contributed by atoms with Crippen molar-refractivity contribution in [3.63, 3.8) is 0 Å². The van der Waals surface area contributed by atoms with E-state index in [4.69, 9.17) is 30.9 Å². The lowest BCUT2D eigenvalue weighted by Gasteiger charge is -2.43. The molecule has 162 valence electrons. The van der Waals surface area contributed by atoms with Crippen LogP contribution < -0.4 is 14.8 Å². The van der Waals surface area contributed by atoms with Gasteiger partial charge in [-0.3, -0.25) is 4.79 Å². The first kappa shape index (κ1) is 22.2. The lowest BCUT2D eigenvalue weighted by Crippen LogP contribution is -2.54. The van der Waals surface area contributed by atoms with E-state index in [1.54, 1.807) is 7.11 Å². The van der Waals surface area contributed by atoms with E-state index in [-0.39, 0.29) is 24.6 Å². The smallest absolute Gasteiger partial charge is 0.253 e. The number of amides is 1. The summed E-state index contributed by atoms with van der Waals surface area (Å²) in [7, 11) is 1.54. The lowest BCUT2D eigenvalue weighted by molar-refractivity contribution is -0.152. The fraction of sp³-hybridized carbons (Fsp3) is 0.667. The second-order valence-corrected chi connectivity index (χ2v) is 7.94. The first-order valence-electron chi connectivity index (χ1n) is 10.3. The maximum atomic E-state index is 13.3. The molecule has 1 aliphatic heterocycles. The van der Waals surface area contributed by atoms with Crippen molar-refractivity contribution in [1.82, 2.24) is 10.2 Å². The van der Waals surface area contributed by atoms with Crippen LogP contribution in [0.3, 0.4) is 0 Å². The van der Waals surface area contributed by atoms with Crippen molar-refractivity contribution in [2.24, 2.45) is 0 Å². The summed E-state index contributed by atoms with van der Waals surface area (Å²) in [6.07, 6.45) is 3.18. The Morgan fingerprint density at radius 3 is 2.83 bits per heavy atom. The number of rotatable bonds is 9. The summed E-state index contributed by atoms with van der Waals surface area (Å²) >= 11 is 6.46. The summed E-state index contributed by atoms with van der Waals surface area (Å²) < 4.78 is 16.9. The minimum absolute atomic E-state index is 0.0177. The van der Waals surface area contributed by atoms with Gasteiger partial charge in [0.05, 0.1) is 31.4 Å². The van der Waals surface area contributed by atoms with Crippen molar-refractivity contribution in [2.75, 3.05) is 40.0 Å². The normalized spacial score (nSPS) is 20.6. The van der Waals surface area contributed by atoms with Crippen LogP contribution in [-0.4, -0.2) is 68.1 Å². The van der Waals surface area contributed by atoms with E-state index in [2.05, 4.69) is 5.32 Å². The minimum Gasteiger partial charge on any atom is -0.491 e. The van der Waals surface area contributed by atoms with Crippen LogP contribution in [-0.2, 0) is 9.53 Å². The van der Waals surface area contributed by atoms with Crippen LogP contribution in [0.2, 0.25) is 5.02 Å². The van der Waals surface area contributed by atoms with Crippen LogP contribution in [0.5, 0.6) is 11.5 Å². The van der Waals surface area contributed by atoms with Gasteiger partial charge in [-0.15, -0.1) is 0 Å². The SMILES string of the molecule is COc1c(Cl)cc([C@@H](C)N(C(=O)[C@H]2CNCCO2)C2CCC2)cc1OCCCO. The molecular weight excluding hydrogens is 396 g/mol. The number of halogens is 1. The Kier molecular flexibility index (Phi) is 8.00. The highest BCUT2D eigenvalue weighted by Crippen LogP contribution is 2.41. The van der Waals surface area contributed by atoms with Gasteiger partial charge < -0.3 is 29.5 Å². The van der Waals surface area contributed by atoms with Gasteiger partial charge in [0, 0.05) is 32.2 Å². The van der Waals surface area contributed by atoms with Gasteiger partial charge in [0.1, 0.15) is 6.10 Å². The van der Waals surface area contributed by atoms with Gasteiger partial charge in [0.2, 0.25) is 0 Å². The predicted octanol–water partition coefficient (Wildman–Crippen LogP) is 2.54. The van der Waals surface area contributed by atoms with Crippen molar-refractivity contribution >= 4 is 17.5 Å². The molecule has 8 heteroatoms. The van der Waals surface area contributed by atoms with E-state index in [0.717, 1.165) is 31.4 Å². The van der Waals surface area contributed by atoms with Gasteiger partial charge in [-0.05, 0) is 43.9 Å². The zero-order valence-corrected chi connectivity index (χ0v) is 17.9. The van der Waals surface area contributed by atoms with Gasteiger partial charge in [0.25, 0.3) is 5.91 Å². The van der Waals surface area contributed by atoms with Gasteiger partial charge >= 0.3 is 0 Å². The number of hydrogen-bond donors (Lipinski definition) is 2. The summed E-state index contributed by atoms with van der Waals surface area (Å²) in [5.74, 6) is 0.998. The zero-order chi connectivity index (χ0) is 20.8. The second-order valence-electron chi connectivity index (χ2n) is 7.53. The molecule has 1 heterocycles. The molecule has 2 N–H and O–H groups in total. The van der Waals surface area contributed by atoms with Crippen molar-refractivity contribution in [1.29, 1.82) is 0 Å². The Hall–Kier alpha value is -1.54. The number of nitrogens with zero attached hydrogens (tertiary/aromatic N) is 1. The van der Waals surface area contributed by atoms with Crippen LogP contribution in [0.1, 0.15) is 44.2 Å². The average molecular weight is 427 g/mol. The van der Waals surface area contributed by atoms with Crippen molar-refractivity contribution < 1.29 is 24.1 Å². The quantitative estimate of drug-likeness (QED) is 0.591. The van der Waals surface area contributed by atoms with Gasteiger partial charge in [-0.2, -0.15) is 0 Å². The summed E-state index contributed by atoms with van der Waals surface area (Å²) in [6.45, 7) is 4.26. The molecule has 0 aromatic heterocycles. The van der Waals surface area contributed by atoms with Crippen molar-refractivity contribution in [3.05, 3.63) is 22.7 Å². The number of aliphatic hydroxyl groups excluding tert-OH is 1. The summed E-state index contributed by atoms with van der Waals surface area (Å²) in [5.41, 5.74) is 0.888. The summed E-state index contributed by atoms with van der Waals surface area (Å²) in [5, 5.41) is 12.7. The molecule has 1 amide bonds. The Balaban J connectivity index is 1.86. The Morgan fingerprint density at radius 1 is 1.45 bits per heavy atom. The highest BCUT2D eigenvalue weighted by Gasteiger charge is 2.37. The van der Waals surface area contributed by atoms with E-state index in [1.165, 1.54) is 0 Å². The van der Waals surface area contributed by atoms with Crippen LogP contribution >= 0.6 is 11.6 Å². The van der Waals surface area contributed by atoms with Gasteiger partial charge in [-0.25, -0.2) is 0 Å². The largest absolute Gasteiger partial charge is 0.491 e. The summed E-state index contributed by atoms with van der Waals surface area (Å²) in [6, 6.07) is 3.75. The number of aliphatic hydroxyl groups is 1. The number of hydrogen-bond acceptors (Lipinski definition) is 6. The monoisotopic (exact) mass is 426 g/mol. The third-order valence-corrected chi connectivity index (χ3v) is 5.90. The lowest BCUT2D eigenvalue weighted by atomic mass is 9.88. The van der Waals surface area contributed by atoms with E-state index in [1.807, 2.05) is 24.0 Å². The number of ether oxygens (including phenoxy) is 3. The van der Waals surface area contributed by atoms with E-state index in [0.29, 0.717) is 42.7 Å². The van der Waals surface area contributed by atoms with Crippen LogP contribution in [0.4, 0.5) is 0 Å². The second kappa shape index (κ2) is 10.5. The maximum Gasteiger partial charge on any atom is 0.253 e. The molecule has 0 spiro atoms. The molecule has 2 fully saturated rings. The van der Waals surface area contributed by atoms with Crippen molar-refractivity contribution in [2.45, 2.75) is 50.8 Å². The first-order valence-corrected chi connectivity index (χ1v) is 10.7. The minimum atomic E-state index is -0.458. The van der Waals surface area contributed by atoms with E-state index >= 15 is 0 Å². The fourth-order valence-electron chi connectivity index (χ4n) is 3.78. The molecule has 1 aromatic rings. The number of methoxy groups -OCH3 is 1. The van der Waals surface area contributed by atoms with E-state index in [9.17, 15) is 4.79 Å². The summed E-state index contributed by atoms with van der Waals surface area (Å²) in [4.78, 5) is 15.3. The molecule has 2 atom stereocenters. The molecule has 7 nitrogen and oxygen atoms in total. The molecule has 0 bridgehead atoms. The maximum absolute atomic E-state index is 13.3. The molecule has 0 radical (unpaired) electrons. The fourth-order valence-corrected chi connectivity index (χ4v) is 4.08. The molecular formula is C21H31ClN2O5. The standard InChI is InChI=1S/C21H31ClN2O5/c1-14(15-11-17(22)20(27-2)18(12-15)28-9-4-8-25)24(16-5-3-6-16)21(26)19-13-23-7-10-29-19/h11-12,14,16,19,23,25H,3-10,13H2,1-2H3/t14-,19-/m1/s1.